The monoisotopic (exact) mass is 258 g/mol. The van der Waals surface area contributed by atoms with E-state index in [2.05, 4.69) is 16.9 Å². The van der Waals surface area contributed by atoms with Gasteiger partial charge >= 0.3 is 0 Å². The van der Waals surface area contributed by atoms with E-state index in [4.69, 9.17) is 4.74 Å². The third kappa shape index (κ3) is 3.22. The third-order valence-corrected chi connectivity index (χ3v) is 2.75. The Morgan fingerprint density at radius 2 is 2.05 bits per heavy atom. The van der Waals surface area contributed by atoms with Crippen molar-refractivity contribution in [3.05, 3.63) is 46.5 Å². The number of hydrogen-bond acceptors (Lipinski definition) is 3. The first-order valence-electron chi connectivity index (χ1n) is 6.57. The van der Waals surface area contributed by atoms with Gasteiger partial charge in [-0.05, 0) is 18.6 Å². The molecule has 0 saturated carbocycles. The molecule has 4 heteroatoms. The van der Waals surface area contributed by atoms with E-state index >= 15 is 0 Å². The molecule has 0 radical (unpaired) electrons. The molecule has 0 fully saturated rings. The van der Waals surface area contributed by atoms with E-state index in [1.807, 2.05) is 31.2 Å². The average molecular weight is 258 g/mol. The van der Waals surface area contributed by atoms with Gasteiger partial charge < -0.3 is 9.72 Å². The first-order chi connectivity index (χ1) is 9.24. The first kappa shape index (κ1) is 13.3. The largest absolute Gasteiger partial charge is 0.493 e. The molecule has 0 aliphatic rings. The lowest BCUT2D eigenvalue weighted by atomic mass is 10.1. The fraction of sp³-hybridized carbons (Fsp3) is 0.333. The van der Waals surface area contributed by atoms with Crippen LogP contribution in [0.4, 0.5) is 0 Å². The Balaban J connectivity index is 2.46. The minimum atomic E-state index is -0.132. The molecule has 0 bridgehead atoms. The van der Waals surface area contributed by atoms with Crippen LogP contribution in [-0.2, 0) is 6.42 Å². The van der Waals surface area contributed by atoms with Crippen molar-refractivity contribution in [2.75, 3.05) is 6.61 Å². The van der Waals surface area contributed by atoms with Gasteiger partial charge in [0.15, 0.2) is 0 Å². The van der Waals surface area contributed by atoms with Gasteiger partial charge in [0.25, 0.3) is 5.56 Å². The van der Waals surface area contributed by atoms with E-state index in [0.717, 1.165) is 17.7 Å². The van der Waals surface area contributed by atoms with Gasteiger partial charge in [0.2, 0.25) is 0 Å². The second kappa shape index (κ2) is 6.18. The zero-order valence-electron chi connectivity index (χ0n) is 11.3. The van der Waals surface area contributed by atoms with E-state index in [9.17, 15) is 4.79 Å². The van der Waals surface area contributed by atoms with Crippen molar-refractivity contribution in [3.8, 4) is 17.0 Å². The van der Waals surface area contributed by atoms with E-state index < -0.39 is 0 Å². The summed E-state index contributed by atoms with van der Waals surface area (Å²) in [5.41, 5.74) is 1.39. The maximum atomic E-state index is 11.6. The fourth-order valence-corrected chi connectivity index (χ4v) is 1.83. The molecule has 0 aliphatic heterocycles. The lowest BCUT2D eigenvalue weighted by molar-refractivity contribution is 0.318. The molecule has 0 unspecified atom stereocenters. The summed E-state index contributed by atoms with van der Waals surface area (Å²) >= 11 is 0. The Hall–Kier alpha value is -2.10. The highest BCUT2D eigenvalue weighted by atomic mass is 16.5. The molecule has 1 heterocycles. The van der Waals surface area contributed by atoms with Crippen molar-refractivity contribution in [3.63, 3.8) is 0 Å². The summed E-state index contributed by atoms with van der Waals surface area (Å²) in [5.74, 6) is 1.46. The van der Waals surface area contributed by atoms with Crippen LogP contribution in [0.5, 0.6) is 5.75 Å². The Morgan fingerprint density at radius 3 is 2.79 bits per heavy atom. The zero-order chi connectivity index (χ0) is 13.7. The molecule has 0 amide bonds. The molecule has 1 aromatic heterocycles. The van der Waals surface area contributed by atoms with Crippen LogP contribution >= 0.6 is 0 Å². The van der Waals surface area contributed by atoms with Gasteiger partial charge in [-0.2, -0.15) is 0 Å². The van der Waals surface area contributed by atoms with Gasteiger partial charge in [-0.25, -0.2) is 4.98 Å². The molecular weight excluding hydrogens is 240 g/mol. The second-order valence-corrected chi connectivity index (χ2v) is 4.28. The summed E-state index contributed by atoms with van der Waals surface area (Å²) in [7, 11) is 0. The molecule has 4 nitrogen and oxygen atoms in total. The molecule has 0 aliphatic carbocycles. The molecule has 0 saturated heterocycles. The number of benzene rings is 1. The first-order valence-corrected chi connectivity index (χ1v) is 6.57. The molecule has 19 heavy (non-hydrogen) atoms. The SMILES string of the molecule is CCCOc1ccccc1-c1cc(=O)[nH]c(CC)n1. The summed E-state index contributed by atoms with van der Waals surface area (Å²) in [6.07, 6.45) is 1.64. The minimum Gasteiger partial charge on any atom is -0.493 e. The number of aromatic amines is 1. The van der Waals surface area contributed by atoms with Crippen LogP contribution in [0.3, 0.4) is 0 Å². The van der Waals surface area contributed by atoms with Gasteiger partial charge in [0.1, 0.15) is 11.6 Å². The van der Waals surface area contributed by atoms with Crippen LogP contribution in [0.1, 0.15) is 26.1 Å². The standard InChI is InChI=1S/C15H18N2O2/c1-3-9-19-13-8-6-5-7-11(13)12-10-15(18)17-14(4-2)16-12/h5-8,10H,3-4,9H2,1-2H3,(H,16,17,18). The predicted octanol–water partition coefficient (Wildman–Crippen LogP) is 2.79. The fourth-order valence-electron chi connectivity index (χ4n) is 1.83. The topological polar surface area (TPSA) is 55.0 Å². The molecule has 1 aromatic carbocycles. The minimum absolute atomic E-state index is 0.132. The molecule has 2 aromatic rings. The number of rotatable bonds is 5. The van der Waals surface area contributed by atoms with Crippen LogP contribution in [-0.4, -0.2) is 16.6 Å². The Labute approximate surface area is 112 Å². The highest BCUT2D eigenvalue weighted by molar-refractivity contribution is 5.66. The number of nitrogens with one attached hydrogen (secondary N) is 1. The number of hydrogen-bond donors (Lipinski definition) is 1. The summed E-state index contributed by atoms with van der Waals surface area (Å²) in [6.45, 7) is 4.67. The smallest absolute Gasteiger partial charge is 0.251 e. The van der Waals surface area contributed by atoms with Crippen LogP contribution in [0.25, 0.3) is 11.3 Å². The average Bonchev–Trinajstić information content (AvgIpc) is 2.44. The quantitative estimate of drug-likeness (QED) is 0.897. The predicted molar refractivity (Wildman–Crippen MR) is 75.5 cm³/mol. The molecule has 100 valence electrons. The lowest BCUT2D eigenvalue weighted by Gasteiger charge is -2.10. The van der Waals surface area contributed by atoms with Crippen molar-refractivity contribution in [2.24, 2.45) is 0 Å². The maximum Gasteiger partial charge on any atom is 0.251 e. The summed E-state index contributed by atoms with van der Waals surface area (Å²) in [4.78, 5) is 18.8. The Bertz CT molecular complexity index is 605. The Kier molecular flexibility index (Phi) is 4.34. The van der Waals surface area contributed by atoms with Crippen LogP contribution in [0.2, 0.25) is 0 Å². The van der Waals surface area contributed by atoms with Gasteiger partial charge in [-0.3, -0.25) is 4.79 Å². The molecular formula is C15H18N2O2. The zero-order valence-corrected chi connectivity index (χ0v) is 11.3. The third-order valence-electron chi connectivity index (χ3n) is 2.75. The number of aryl methyl sites for hydroxylation is 1. The van der Waals surface area contributed by atoms with E-state index in [-0.39, 0.29) is 5.56 Å². The lowest BCUT2D eigenvalue weighted by Crippen LogP contribution is -2.10. The van der Waals surface area contributed by atoms with Gasteiger partial charge in [0, 0.05) is 18.1 Å². The highest BCUT2D eigenvalue weighted by Gasteiger charge is 2.08. The number of ether oxygens (including phenoxy) is 1. The van der Waals surface area contributed by atoms with Crippen molar-refractivity contribution < 1.29 is 4.74 Å². The summed E-state index contributed by atoms with van der Waals surface area (Å²) in [5, 5.41) is 0. The highest BCUT2D eigenvalue weighted by Crippen LogP contribution is 2.27. The molecule has 1 N–H and O–H groups in total. The maximum absolute atomic E-state index is 11.6. The normalized spacial score (nSPS) is 10.4. The number of aromatic nitrogens is 2. The number of para-hydroxylation sites is 1. The summed E-state index contributed by atoms with van der Waals surface area (Å²) < 4.78 is 5.70. The van der Waals surface area contributed by atoms with Gasteiger partial charge in [-0.1, -0.05) is 26.0 Å². The van der Waals surface area contributed by atoms with Crippen LogP contribution in [0, 0.1) is 0 Å². The van der Waals surface area contributed by atoms with E-state index in [1.54, 1.807) is 0 Å². The Morgan fingerprint density at radius 1 is 1.26 bits per heavy atom. The van der Waals surface area contributed by atoms with Gasteiger partial charge in [0.05, 0.1) is 12.3 Å². The second-order valence-electron chi connectivity index (χ2n) is 4.28. The summed E-state index contributed by atoms with van der Waals surface area (Å²) in [6, 6.07) is 9.17. The van der Waals surface area contributed by atoms with E-state index in [0.29, 0.717) is 24.5 Å². The van der Waals surface area contributed by atoms with Gasteiger partial charge in [-0.15, -0.1) is 0 Å². The van der Waals surface area contributed by atoms with Crippen molar-refractivity contribution in [1.82, 2.24) is 9.97 Å². The number of nitrogens with zero attached hydrogens (tertiary/aromatic N) is 1. The van der Waals surface area contributed by atoms with Crippen molar-refractivity contribution >= 4 is 0 Å². The van der Waals surface area contributed by atoms with Crippen LogP contribution < -0.4 is 10.3 Å². The molecule has 0 atom stereocenters. The van der Waals surface area contributed by atoms with E-state index in [1.165, 1.54) is 6.07 Å². The van der Waals surface area contributed by atoms with Crippen molar-refractivity contribution in [2.45, 2.75) is 26.7 Å². The van der Waals surface area contributed by atoms with Crippen LogP contribution in [0.15, 0.2) is 35.1 Å². The molecule has 2 rings (SSSR count). The number of H-pyrrole nitrogens is 1. The molecule has 0 spiro atoms. The van der Waals surface area contributed by atoms with Crippen molar-refractivity contribution in [1.29, 1.82) is 0 Å².